The van der Waals surface area contributed by atoms with E-state index in [0.29, 0.717) is 12.3 Å². The highest BCUT2D eigenvalue weighted by molar-refractivity contribution is 9.10. The summed E-state index contributed by atoms with van der Waals surface area (Å²) in [5.74, 6) is 0.0581. The van der Waals surface area contributed by atoms with Crippen molar-refractivity contribution in [1.82, 2.24) is 0 Å². The zero-order chi connectivity index (χ0) is 14.0. The monoisotopic (exact) mass is 328 g/mol. The molecule has 1 aromatic rings. The minimum absolute atomic E-state index is 0.183. The van der Waals surface area contributed by atoms with Crippen LogP contribution < -0.4 is 0 Å². The molecule has 106 valence electrons. The molecule has 1 aliphatic carbocycles. The summed E-state index contributed by atoms with van der Waals surface area (Å²) >= 11 is 3.30. The fraction of sp³-hybridized carbons (Fsp3) is 0.625. The Hall–Kier alpha value is -0.410. The number of benzene rings is 1. The van der Waals surface area contributed by atoms with Gasteiger partial charge < -0.3 is 5.11 Å². The van der Waals surface area contributed by atoms with Crippen LogP contribution in [0.4, 0.5) is 4.39 Å². The van der Waals surface area contributed by atoms with Gasteiger partial charge in [-0.15, -0.1) is 0 Å². The van der Waals surface area contributed by atoms with Gasteiger partial charge in [0, 0.05) is 4.47 Å². The van der Waals surface area contributed by atoms with E-state index in [4.69, 9.17) is 0 Å². The summed E-state index contributed by atoms with van der Waals surface area (Å²) in [7, 11) is 0. The van der Waals surface area contributed by atoms with E-state index in [1.54, 1.807) is 0 Å². The number of hydrogen-bond acceptors (Lipinski definition) is 1. The van der Waals surface area contributed by atoms with Crippen molar-refractivity contribution in [2.24, 2.45) is 11.3 Å². The zero-order valence-electron chi connectivity index (χ0n) is 11.6. The molecule has 0 saturated heterocycles. The molecule has 1 aromatic carbocycles. The smallest absolute Gasteiger partial charge is 0.124 e. The van der Waals surface area contributed by atoms with Crippen LogP contribution in [0, 0.1) is 17.2 Å². The molecular weight excluding hydrogens is 307 g/mol. The largest absolute Gasteiger partial charge is 0.392 e. The van der Waals surface area contributed by atoms with Crippen molar-refractivity contribution in [2.75, 3.05) is 0 Å². The summed E-state index contributed by atoms with van der Waals surface area (Å²) < 4.78 is 14.1. The third-order valence-electron chi connectivity index (χ3n) is 4.42. The molecule has 0 amide bonds. The fourth-order valence-electron chi connectivity index (χ4n) is 3.35. The summed E-state index contributed by atoms with van der Waals surface area (Å²) in [6, 6.07) is 4.85. The normalized spacial score (nSPS) is 24.2. The number of halogens is 2. The molecule has 0 aliphatic heterocycles. The Morgan fingerprint density at radius 2 is 2.11 bits per heavy atom. The minimum atomic E-state index is -0.385. The van der Waals surface area contributed by atoms with E-state index in [-0.39, 0.29) is 17.3 Å². The van der Waals surface area contributed by atoms with E-state index >= 15 is 0 Å². The van der Waals surface area contributed by atoms with Gasteiger partial charge in [-0.3, -0.25) is 0 Å². The van der Waals surface area contributed by atoms with E-state index in [0.717, 1.165) is 16.5 Å². The highest BCUT2D eigenvalue weighted by Gasteiger charge is 2.36. The Morgan fingerprint density at radius 1 is 1.37 bits per heavy atom. The summed E-state index contributed by atoms with van der Waals surface area (Å²) in [6.07, 6.45) is 4.83. The van der Waals surface area contributed by atoms with Crippen molar-refractivity contribution in [3.63, 3.8) is 0 Å². The summed E-state index contributed by atoms with van der Waals surface area (Å²) in [6.45, 7) is 4.48. The Kier molecular flexibility index (Phi) is 4.67. The maximum atomic E-state index is 13.4. The standard InChI is InChI=1S/C16H22BrFO/c1-16(2)6-4-3-5-14(16)15(19)9-11-7-12(17)10-13(18)8-11/h7-8,10,14-15,19H,3-6,9H2,1-2H3. The second-order valence-electron chi connectivity index (χ2n) is 6.39. The van der Waals surface area contributed by atoms with Gasteiger partial charge in [0.25, 0.3) is 0 Å². The predicted octanol–water partition coefficient (Wildman–Crippen LogP) is 4.71. The van der Waals surface area contributed by atoms with Crippen molar-refractivity contribution >= 4 is 15.9 Å². The van der Waals surface area contributed by atoms with Gasteiger partial charge in [-0.1, -0.05) is 42.6 Å². The molecule has 3 heteroatoms. The molecule has 19 heavy (non-hydrogen) atoms. The Balaban J connectivity index is 2.09. The number of rotatable bonds is 3. The van der Waals surface area contributed by atoms with Crippen LogP contribution in [-0.2, 0) is 6.42 Å². The summed E-state index contributed by atoms with van der Waals surface area (Å²) in [4.78, 5) is 0. The predicted molar refractivity (Wildman–Crippen MR) is 79.5 cm³/mol. The Labute approximate surface area is 123 Å². The van der Waals surface area contributed by atoms with Gasteiger partial charge in [0.1, 0.15) is 5.82 Å². The lowest BCUT2D eigenvalue weighted by Gasteiger charge is -2.41. The molecule has 1 N–H and O–H groups in total. The molecule has 2 rings (SSSR count). The third-order valence-corrected chi connectivity index (χ3v) is 4.88. The van der Waals surface area contributed by atoms with Crippen molar-refractivity contribution in [3.05, 3.63) is 34.1 Å². The molecule has 0 bridgehead atoms. The van der Waals surface area contributed by atoms with Crippen molar-refractivity contribution < 1.29 is 9.50 Å². The zero-order valence-corrected chi connectivity index (χ0v) is 13.2. The second-order valence-corrected chi connectivity index (χ2v) is 7.31. The first-order valence-corrected chi connectivity index (χ1v) is 7.81. The molecule has 2 atom stereocenters. The van der Waals surface area contributed by atoms with Gasteiger partial charge in [0.2, 0.25) is 0 Å². The number of aliphatic hydroxyl groups is 1. The van der Waals surface area contributed by atoms with E-state index in [2.05, 4.69) is 29.8 Å². The Bertz CT molecular complexity index is 424. The first-order chi connectivity index (χ1) is 8.88. The summed E-state index contributed by atoms with van der Waals surface area (Å²) in [5.41, 5.74) is 1.04. The van der Waals surface area contributed by atoms with Crippen LogP contribution >= 0.6 is 15.9 Å². The van der Waals surface area contributed by atoms with Gasteiger partial charge in [0.15, 0.2) is 0 Å². The molecule has 0 spiro atoms. The topological polar surface area (TPSA) is 20.2 Å². The molecule has 0 aromatic heterocycles. The Morgan fingerprint density at radius 3 is 2.74 bits per heavy atom. The quantitative estimate of drug-likeness (QED) is 0.852. The molecule has 1 nitrogen and oxygen atoms in total. The SMILES string of the molecule is CC1(C)CCCCC1C(O)Cc1cc(F)cc(Br)c1. The van der Waals surface area contributed by atoms with Gasteiger partial charge in [0.05, 0.1) is 6.10 Å². The molecule has 1 aliphatic rings. The van der Waals surface area contributed by atoms with Gasteiger partial charge in [-0.25, -0.2) is 4.39 Å². The van der Waals surface area contributed by atoms with Crippen LogP contribution in [0.25, 0.3) is 0 Å². The van der Waals surface area contributed by atoms with Crippen molar-refractivity contribution in [1.29, 1.82) is 0 Å². The maximum absolute atomic E-state index is 13.4. The average molecular weight is 329 g/mol. The van der Waals surface area contributed by atoms with Gasteiger partial charge in [-0.05, 0) is 54.4 Å². The minimum Gasteiger partial charge on any atom is -0.392 e. The van der Waals surface area contributed by atoms with Gasteiger partial charge >= 0.3 is 0 Å². The second kappa shape index (κ2) is 5.92. The molecule has 2 unspecified atom stereocenters. The van der Waals surface area contributed by atoms with E-state index in [1.165, 1.54) is 31.4 Å². The van der Waals surface area contributed by atoms with E-state index < -0.39 is 0 Å². The number of hydrogen-bond donors (Lipinski definition) is 1. The summed E-state index contributed by atoms with van der Waals surface area (Å²) in [5, 5.41) is 10.5. The highest BCUT2D eigenvalue weighted by Crippen LogP contribution is 2.43. The molecule has 1 fully saturated rings. The van der Waals surface area contributed by atoms with Crippen LogP contribution in [0.15, 0.2) is 22.7 Å². The molecule has 1 saturated carbocycles. The van der Waals surface area contributed by atoms with Crippen LogP contribution in [-0.4, -0.2) is 11.2 Å². The van der Waals surface area contributed by atoms with E-state index in [1.807, 2.05) is 6.07 Å². The fourth-order valence-corrected chi connectivity index (χ4v) is 3.86. The van der Waals surface area contributed by atoms with Crippen LogP contribution in [0.5, 0.6) is 0 Å². The van der Waals surface area contributed by atoms with E-state index in [9.17, 15) is 9.50 Å². The van der Waals surface area contributed by atoms with Crippen LogP contribution in [0.1, 0.15) is 45.1 Å². The lowest BCUT2D eigenvalue weighted by Crippen LogP contribution is -2.37. The van der Waals surface area contributed by atoms with Crippen LogP contribution in [0.3, 0.4) is 0 Å². The molecule has 0 radical (unpaired) electrons. The lowest BCUT2D eigenvalue weighted by atomic mass is 9.66. The first kappa shape index (κ1) is 15.0. The average Bonchev–Trinajstić information content (AvgIpc) is 2.26. The van der Waals surface area contributed by atoms with Gasteiger partial charge in [-0.2, -0.15) is 0 Å². The van der Waals surface area contributed by atoms with Crippen molar-refractivity contribution in [2.45, 2.75) is 52.1 Å². The van der Waals surface area contributed by atoms with Crippen LogP contribution in [0.2, 0.25) is 0 Å². The highest BCUT2D eigenvalue weighted by atomic mass is 79.9. The third kappa shape index (κ3) is 3.79. The molecule has 0 heterocycles. The first-order valence-electron chi connectivity index (χ1n) is 7.01. The molecular formula is C16H22BrFO. The number of aliphatic hydroxyl groups excluding tert-OH is 1. The van der Waals surface area contributed by atoms with Crippen molar-refractivity contribution in [3.8, 4) is 0 Å². The maximum Gasteiger partial charge on any atom is 0.124 e. The lowest BCUT2D eigenvalue weighted by molar-refractivity contribution is 0.00577.